The lowest BCUT2D eigenvalue weighted by molar-refractivity contribution is -0.122. The largest absolute Gasteiger partial charge is 0.356 e. The van der Waals surface area contributed by atoms with E-state index in [9.17, 15) is 4.79 Å². The van der Waals surface area contributed by atoms with Crippen molar-refractivity contribution in [3.05, 3.63) is 35.7 Å². The Morgan fingerprint density at radius 1 is 1.21 bits per heavy atom. The number of halogens is 1. The lowest BCUT2D eigenvalue weighted by Crippen LogP contribution is -2.39. The number of nitrogens with zero attached hydrogens (tertiary/aromatic N) is 2. The van der Waals surface area contributed by atoms with E-state index in [1.807, 2.05) is 19.1 Å². The predicted octanol–water partition coefficient (Wildman–Crippen LogP) is 3.30. The van der Waals surface area contributed by atoms with Crippen LogP contribution in [0.3, 0.4) is 0 Å². The Morgan fingerprint density at radius 3 is 2.57 bits per heavy atom. The van der Waals surface area contributed by atoms with Crippen molar-refractivity contribution in [3.63, 3.8) is 0 Å². The summed E-state index contributed by atoms with van der Waals surface area (Å²) in [5, 5.41) is 10.6. The van der Waals surface area contributed by atoms with Crippen molar-refractivity contribution < 1.29 is 9.32 Å². The second-order valence-corrected chi connectivity index (χ2v) is 7.85. The van der Waals surface area contributed by atoms with Crippen molar-refractivity contribution in [1.29, 1.82) is 0 Å². The van der Waals surface area contributed by atoms with E-state index in [1.54, 1.807) is 0 Å². The molecule has 3 heterocycles. The first-order valence-corrected chi connectivity index (χ1v) is 10.1. The van der Waals surface area contributed by atoms with Gasteiger partial charge < -0.3 is 15.2 Å². The summed E-state index contributed by atoms with van der Waals surface area (Å²) in [4.78, 5) is 16.6. The van der Waals surface area contributed by atoms with Crippen LogP contribution in [0.15, 0.2) is 28.8 Å². The van der Waals surface area contributed by atoms with Crippen LogP contribution in [0.1, 0.15) is 50.4 Å². The van der Waals surface area contributed by atoms with E-state index in [0.29, 0.717) is 36.9 Å². The monoisotopic (exact) mass is 404 g/mol. The molecular formula is C21H29ClN4O2. The van der Waals surface area contributed by atoms with Crippen LogP contribution in [0.4, 0.5) is 0 Å². The average molecular weight is 405 g/mol. The minimum absolute atomic E-state index is 0. The second-order valence-electron chi connectivity index (χ2n) is 7.85. The fourth-order valence-electron chi connectivity index (χ4n) is 4.35. The normalized spacial score (nSPS) is 23.2. The Morgan fingerprint density at radius 2 is 1.93 bits per heavy atom. The van der Waals surface area contributed by atoms with Crippen LogP contribution < -0.4 is 10.6 Å². The van der Waals surface area contributed by atoms with E-state index < -0.39 is 0 Å². The molecule has 0 radical (unpaired) electrons. The zero-order valence-corrected chi connectivity index (χ0v) is 17.1. The van der Waals surface area contributed by atoms with Crippen molar-refractivity contribution in [2.75, 3.05) is 6.54 Å². The van der Waals surface area contributed by atoms with Crippen LogP contribution in [-0.4, -0.2) is 34.7 Å². The van der Waals surface area contributed by atoms with E-state index in [-0.39, 0.29) is 18.3 Å². The summed E-state index contributed by atoms with van der Waals surface area (Å²) in [6.07, 6.45) is 7.13. The molecule has 6 nitrogen and oxygen atoms in total. The molecule has 0 aliphatic carbocycles. The first kappa shape index (κ1) is 20.8. The summed E-state index contributed by atoms with van der Waals surface area (Å²) in [6.45, 7) is 2.68. The zero-order chi connectivity index (χ0) is 18.6. The highest BCUT2D eigenvalue weighted by molar-refractivity contribution is 5.85. The minimum atomic E-state index is 0. The van der Waals surface area contributed by atoms with Crippen molar-refractivity contribution in [1.82, 2.24) is 20.8 Å². The molecule has 2 N–H and O–H groups in total. The van der Waals surface area contributed by atoms with E-state index >= 15 is 0 Å². The highest BCUT2D eigenvalue weighted by atomic mass is 35.5. The number of hydrogen-bond donors (Lipinski definition) is 2. The van der Waals surface area contributed by atoms with Crippen LogP contribution in [-0.2, 0) is 17.6 Å². The Hall–Kier alpha value is -1.92. The zero-order valence-electron chi connectivity index (χ0n) is 16.3. The molecule has 2 saturated heterocycles. The Balaban J connectivity index is 0.00000225. The number of nitrogens with one attached hydrogen (secondary N) is 2. The molecule has 1 amide bonds. The van der Waals surface area contributed by atoms with Crippen molar-refractivity contribution in [3.8, 4) is 11.5 Å². The van der Waals surface area contributed by atoms with Gasteiger partial charge in [-0.25, -0.2) is 0 Å². The fourth-order valence-corrected chi connectivity index (χ4v) is 4.35. The molecule has 1 aromatic heterocycles. The van der Waals surface area contributed by atoms with Gasteiger partial charge >= 0.3 is 0 Å². The van der Waals surface area contributed by atoms with Crippen LogP contribution >= 0.6 is 12.4 Å². The molecule has 2 fully saturated rings. The number of aromatic nitrogens is 2. The third-order valence-corrected chi connectivity index (χ3v) is 5.77. The van der Waals surface area contributed by atoms with Gasteiger partial charge in [0.05, 0.1) is 0 Å². The summed E-state index contributed by atoms with van der Waals surface area (Å²) < 4.78 is 5.26. The quantitative estimate of drug-likeness (QED) is 0.740. The number of piperidine rings is 1. The predicted molar refractivity (Wildman–Crippen MR) is 110 cm³/mol. The molecule has 1 aromatic carbocycles. The Bertz CT molecular complexity index is 765. The third-order valence-electron chi connectivity index (χ3n) is 5.77. The fraction of sp³-hybridized carbons (Fsp3) is 0.571. The standard InChI is InChI=1S/C21H28N4O2.ClH/c1-2-19-24-21(27-25-19)16-5-3-14(4-6-16)9-10-22-20(26)13-15-11-17-7-8-18(12-15)23-17;/h3-6,15,17-18,23H,2,7-13H2,1H3,(H,22,26);1H. The average Bonchev–Trinajstić information content (AvgIpc) is 3.28. The van der Waals surface area contributed by atoms with Gasteiger partial charge in [0.25, 0.3) is 5.89 Å². The first-order valence-electron chi connectivity index (χ1n) is 10.1. The highest BCUT2D eigenvalue weighted by Crippen LogP contribution is 2.32. The number of carbonyl (C=O) groups excluding carboxylic acids is 1. The molecule has 2 aliphatic rings. The maximum Gasteiger partial charge on any atom is 0.257 e. The van der Waals surface area contributed by atoms with Crippen LogP contribution in [0.5, 0.6) is 0 Å². The Labute approximate surface area is 172 Å². The topological polar surface area (TPSA) is 80.0 Å². The number of rotatable bonds is 7. The number of amides is 1. The Kier molecular flexibility index (Phi) is 7.08. The van der Waals surface area contributed by atoms with Gasteiger partial charge in [-0.2, -0.15) is 4.98 Å². The van der Waals surface area contributed by atoms with E-state index in [4.69, 9.17) is 4.52 Å². The van der Waals surface area contributed by atoms with E-state index in [0.717, 1.165) is 37.1 Å². The van der Waals surface area contributed by atoms with Crippen LogP contribution in [0.25, 0.3) is 11.5 Å². The van der Waals surface area contributed by atoms with Crippen LogP contribution in [0, 0.1) is 5.92 Å². The summed E-state index contributed by atoms with van der Waals surface area (Å²) in [5.41, 5.74) is 2.12. The molecule has 2 aromatic rings. The molecule has 4 rings (SSSR count). The van der Waals surface area contributed by atoms with Gasteiger partial charge in [0, 0.05) is 37.0 Å². The van der Waals surface area contributed by atoms with Crippen molar-refractivity contribution in [2.45, 2.75) is 64.0 Å². The first-order chi connectivity index (χ1) is 13.2. The maximum absolute atomic E-state index is 12.2. The molecular weight excluding hydrogens is 376 g/mol. The summed E-state index contributed by atoms with van der Waals surface area (Å²) in [6, 6.07) is 9.40. The summed E-state index contributed by atoms with van der Waals surface area (Å²) >= 11 is 0. The molecule has 2 aliphatic heterocycles. The molecule has 152 valence electrons. The van der Waals surface area contributed by atoms with Gasteiger partial charge in [-0.05, 0) is 55.7 Å². The van der Waals surface area contributed by atoms with Gasteiger partial charge in [0.15, 0.2) is 5.82 Å². The SMILES string of the molecule is CCc1noc(-c2ccc(CCNC(=O)CC3CC4CCC(C3)N4)cc2)n1.Cl. The number of aryl methyl sites for hydroxylation is 1. The summed E-state index contributed by atoms with van der Waals surface area (Å²) in [5.74, 6) is 2.02. The lowest BCUT2D eigenvalue weighted by Gasteiger charge is -2.28. The van der Waals surface area contributed by atoms with Crippen molar-refractivity contribution >= 4 is 18.3 Å². The molecule has 0 saturated carbocycles. The molecule has 7 heteroatoms. The van der Waals surface area contributed by atoms with Gasteiger partial charge in [0.2, 0.25) is 5.91 Å². The highest BCUT2D eigenvalue weighted by Gasteiger charge is 2.34. The number of carbonyl (C=O) groups is 1. The molecule has 0 spiro atoms. The van der Waals surface area contributed by atoms with Gasteiger partial charge in [-0.3, -0.25) is 4.79 Å². The maximum atomic E-state index is 12.2. The molecule has 28 heavy (non-hydrogen) atoms. The van der Waals surface area contributed by atoms with Crippen molar-refractivity contribution in [2.24, 2.45) is 5.92 Å². The molecule has 2 bridgehead atoms. The van der Waals surface area contributed by atoms with Gasteiger partial charge in [-0.1, -0.05) is 24.2 Å². The van der Waals surface area contributed by atoms with Gasteiger partial charge in [0.1, 0.15) is 0 Å². The summed E-state index contributed by atoms with van der Waals surface area (Å²) in [7, 11) is 0. The van der Waals surface area contributed by atoms with E-state index in [1.165, 1.54) is 18.4 Å². The lowest BCUT2D eigenvalue weighted by atomic mass is 9.89. The van der Waals surface area contributed by atoms with Crippen LogP contribution in [0.2, 0.25) is 0 Å². The van der Waals surface area contributed by atoms with Gasteiger partial charge in [-0.15, -0.1) is 12.4 Å². The third kappa shape index (κ3) is 5.11. The minimum Gasteiger partial charge on any atom is -0.356 e. The smallest absolute Gasteiger partial charge is 0.257 e. The number of benzene rings is 1. The molecule has 2 unspecified atom stereocenters. The second kappa shape index (κ2) is 9.52. The molecule has 2 atom stereocenters. The number of hydrogen-bond acceptors (Lipinski definition) is 5. The van der Waals surface area contributed by atoms with E-state index in [2.05, 4.69) is 32.9 Å². The number of fused-ring (bicyclic) bond motifs is 2.